The third-order valence-corrected chi connectivity index (χ3v) is 3.86. The summed E-state index contributed by atoms with van der Waals surface area (Å²) in [5.74, 6) is -3.39. The monoisotopic (exact) mass is 331 g/mol. The minimum absolute atomic E-state index is 0.0209. The number of benzene rings is 1. The van der Waals surface area contributed by atoms with Crippen LogP contribution in [0.3, 0.4) is 0 Å². The van der Waals surface area contributed by atoms with Crippen LogP contribution in [0, 0.1) is 11.7 Å². The van der Waals surface area contributed by atoms with Crippen LogP contribution < -0.4 is 10.1 Å². The third-order valence-electron chi connectivity index (χ3n) is 3.86. The molecule has 0 spiro atoms. The van der Waals surface area contributed by atoms with Gasteiger partial charge in [-0.15, -0.1) is 0 Å². The average molecular weight is 331 g/mol. The maximum atomic E-state index is 13.0. The number of nitrogens with one attached hydrogen (secondary N) is 1. The first kappa shape index (κ1) is 17.6. The van der Waals surface area contributed by atoms with Gasteiger partial charge in [0.1, 0.15) is 24.3 Å². The van der Waals surface area contributed by atoms with Crippen LogP contribution in [-0.2, 0) is 4.79 Å². The molecule has 0 radical (unpaired) electrons. The van der Waals surface area contributed by atoms with Crippen molar-refractivity contribution in [2.45, 2.75) is 37.7 Å². The fourth-order valence-corrected chi connectivity index (χ4v) is 2.45. The summed E-state index contributed by atoms with van der Waals surface area (Å²) in [5.41, 5.74) is 0. The van der Waals surface area contributed by atoms with Crippen molar-refractivity contribution in [1.82, 2.24) is 5.32 Å². The zero-order valence-electron chi connectivity index (χ0n) is 12.6. The van der Waals surface area contributed by atoms with Crippen LogP contribution in [0.5, 0.6) is 5.75 Å². The number of hydrogen-bond donors (Lipinski definition) is 2. The fourth-order valence-electron chi connectivity index (χ4n) is 2.45. The highest BCUT2D eigenvalue weighted by Gasteiger charge is 2.37. The molecule has 7 heteroatoms. The average Bonchev–Trinajstić information content (AvgIpc) is 2.52. The summed E-state index contributed by atoms with van der Waals surface area (Å²) in [5, 5.41) is 12.3. The molecule has 0 saturated heterocycles. The number of amides is 1. The Morgan fingerprint density at radius 3 is 2.52 bits per heavy atom. The van der Waals surface area contributed by atoms with Gasteiger partial charge in [0, 0.05) is 25.3 Å². The molecule has 0 aromatic heterocycles. The lowest BCUT2D eigenvalue weighted by Gasteiger charge is -2.27. The molecule has 1 aromatic carbocycles. The van der Waals surface area contributed by atoms with Crippen LogP contribution in [0.1, 0.15) is 25.7 Å². The second kappa shape index (κ2) is 7.68. The summed E-state index contributed by atoms with van der Waals surface area (Å²) in [4.78, 5) is 11.9. The van der Waals surface area contributed by atoms with Crippen LogP contribution in [-0.4, -0.2) is 36.2 Å². The molecule has 1 fully saturated rings. The molecule has 1 unspecified atom stereocenters. The molecular formula is C16H20F3NO3. The maximum Gasteiger partial charge on any atom is 0.248 e. The van der Waals surface area contributed by atoms with Gasteiger partial charge in [0.2, 0.25) is 11.8 Å². The summed E-state index contributed by atoms with van der Waals surface area (Å²) < 4.78 is 44.0. The van der Waals surface area contributed by atoms with E-state index in [1.54, 1.807) is 0 Å². The van der Waals surface area contributed by atoms with E-state index < -0.39 is 17.9 Å². The van der Waals surface area contributed by atoms with Gasteiger partial charge < -0.3 is 15.2 Å². The quantitative estimate of drug-likeness (QED) is 0.842. The Hall–Kier alpha value is -1.76. The van der Waals surface area contributed by atoms with E-state index in [4.69, 9.17) is 4.74 Å². The van der Waals surface area contributed by atoms with Crippen molar-refractivity contribution >= 4 is 5.91 Å². The van der Waals surface area contributed by atoms with Crippen LogP contribution in [0.4, 0.5) is 13.2 Å². The summed E-state index contributed by atoms with van der Waals surface area (Å²) in [6.07, 6.45) is -1.18. The van der Waals surface area contributed by atoms with E-state index in [1.807, 2.05) is 0 Å². The normalized spacial score (nSPS) is 19.1. The summed E-state index contributed by atoms with van der Waals surface area (Å²) in [6, 6.07) is 5.34. The number of hydrogen-bond acceptors (Lipinski definition) is 3. The molecular weight excluding hydrogens is 311 g/mol. The van der Waals surface area contributed by atoms with Gasteiger partial charge in [0.05, 0.1) is 0 Å². The molecule has 23 heavy (non-hydrogen) atoms. The van der Waals surface area contributed by atoms with Gasteiger partial charge in [0.25, 0.3) is 0 Å². The van der Waals surface area contributed by atoms with Gasteiger partial charge >= 0.3 is 0 Å². The van der Waals surface area contributed by atoms with Gasteiger partial charge in [-0.3, -0.25) is 4.79 Å². The van der Waals surface area contributed by atoms with Crippen LogP contribution in [0.2, 0.25) is 0 Å². The Bertz CT molecular complexity index is 512. The van der Waals surface area contributed by atoms with E-state index in [0.717, 1.165) is 0 Å². The smallest absolute Gasteiger partial charge is 0.248 e. The minimum atomic E-state index is -2.67. The van der Waals surface area contributed by atoms with Gasteiger partial charge in [-0.25, -0.2) is 13.2 Å². The predicted molar refractivity (Wildman–Crippen MR) is 77.8 cm³/mol. The SMILES string of the molecule is O=C(NCC(O)COc1ccc(F)cc1)C1CCC(F)(F)CC1. The molecule has 0 aliphatic heterocycles. The van der Waals surface area contributed by atoms with E-state index >= 15 is 0 Å². The first-order chi connectivity index (χ1) is 10.9. The molecule has 128 valence electrons. The van der Waals surface area contributed by atoms with Crippen molar-refractivity contribution in [3.05, 3.63) is 30.1 Å². The second-order valence-electron chi connectivity index (χ2n) is 5.79. The number of halogens is 3. The highest BCUT2D eigenvalue weighted by molar-refractivity contribution is 5.78. The molecule has 1 amide bonds. The standard InChI is InChI=1S/C16H20F3NO3/c17-12-1-3-14(4-2-12)23-10-13(21)9-20-15(22)11-5-7-16(18,19)8-6-11/h1-4,11,13,21H,5-10H2,(H,20,22). The lowest BCUT2D eigenvalue weighted by Crippen LogP contribution is -2.40. The van der Waals surface area contributed by atoms with Gasteiger partial charge in [-0.1, -0.05) is 0 Å². The molecule has 0 heterocycles. The lowest BCUT2D eigenvalue weighted by atomic mass is 9.86. The zero-order valence-corrected chi connectivity index (χ0v) is 12.6. The maximum absolute atomic E-state index is 13.0. The van der Waals surface area contributed by atoms with E-state index in [9.17, 15) is 23.1 Å². The molecule has 2 N–H and O–H groups in total. The van der Waals surface area contributed by atoms with E-state index in [0.29, 0.717) is 5.75 Å². The lowest BCUT2D eigenvalue weighted by molar-refractivity contribution is -0.129. The molecule has 1 saturated carbocycles. The highest BCUT2D eigenvalue weighted by atomic mass is 19.3. The van der Waals surface area contributed by atoms with Crippen molar-refractivity contribution in [1.29, 1.82) is 0 Å². The largest absolute Gasteiger partial charge is 0.491 e. The molecule has 2 rings (SSSR count). The van der Waals surface area contributed by atoms with E-state index in [2.05, 4.69) is 5.32 Å². The molecule has 1 aromatic rings. The number of aliphatic hydroxyl groups excluding tert-OH is 1. The third kappa shape index (κ3) is 5.74. The van der Waals surface area contributed by atoms with Crippen molar-refractivity contribution in [3.8, 4) is 5.75 Å². The number of carbonyl (C=O) groups is 1. The molecule has 1 aliphatic carbocycles. The number of ether oxygens (including phenoxy) is 1. The van der Waals surface area contributed by atoms with Crippen molar-refractivity contribution < 1.29 is 27.8 Å². The first-order valence-corrected chi connectivity index (χ1v) is 7.58. The number of carbonyl (C=O) groups excluding carboxylic acids is 1. The summed E-state index contributed by atoms with van der Waals surface area (Å²) in [6.45, 7) is -0.0818. The van der Waals surface area contributed by atoms with Gasteiger partial charge in [0.15, 0.2) is 0 Å². The van der Waals surface area contributed by atoms with Crippen LogP contribution in [0.25, 0.3) is 0 Å². The van der Waals surface area contributed by atoms with Crippen molar-refractivity contribution in [3.63, 3.8) is 0 Å². The van der Waals surface area contributed by atoms with E-state index in [-0.39, 0.29) is 50.6 Å². The van der Waals surface area contributed by atoms with Crippen LogP contribution in [0.15, 0.2) is 24.3 Å². The van der Waals surface area contributed by atoms with Crippen LogP contribution >= 0.6 is 0 Å². The Morgan fingerprint density at radius 1 is 1.30 bits per heavy atom. The fraction of sp³-hybridized carbons (Fsp3) is 0.562. The first-order valence-electron chi connectivity index (χ1n) is 7.58. The predicted octanol–water partition coefficient (Wildman–Crippen LogP) is 2.51. The molecule has 1 atom stereocenters. The van der Waals surface area contributed by atoms with E-state index in [1.165, 1.54) is 24.3 Å². The topological polar surface area (TPSA) is 58.6 Å². The summed E-state index contributed by atoms with van der Waals surface area (Å²) in [7, 11) is 0. The number of rotatable bonds is 6. The van der Waals surface area contributed by atoms with Gasteiger partial charge in [-0.2, -0.15) is 0 Å². The van der Waals surface area contributed by atoms with Gasteiger partial charge in [-0.05, 0) is 37.1 Å². The van der Waals surface area contributed by atoms with Crippen molar-refractivity contribution in [2.24, 2.45) is 5.92 Å². The highest BCUT2D eigenvalue weighted by Crippen LogP contribution is 2.36. The molecule has 0 bridgehead atoms. The number of aliphatic hydroxyl groups is 1. The molecule has 1 aliphatic rings. The van der Waals surface area contributed by atoms with Crippen molar-refractivity contribution in [2.75, 3.05) is 13.2 Å². The molecule has 4 nitrogen and oxygen atoms in total. The Balaban J connectivity index is 1.66. The second-order valence-corrected chi connectivity index (χ2v) is 5.79. The Morgan fingerprint density at radius 2 is 1.91 bits per heavy atom. The zero-order chi connectivity index (χ0) is 16.9. The summed E-state index contributed by atoms with van der Waals surface area (Å²) >= 11 is 0. The minimum Gasteiger partial charge on any atom is -0.491 e. The Kier molecular flexibility index (Phi) is 5.87. The number of alkyl halides is 2. The Labute approximate surface area is 132 Å².